The number of aliphatic imine (C=N–C) groups is 1. The Balaban J connectivity index is 2.93. The first-order valence-corrected chi connectivity index (χ1v) is 2.34. The van der Waals surface area contributed by atoms with E-state index in [-0.39, 0.29) is 6.21 Å². The summed E-state index contributed by atoms with van der Waals surface area (Å²) in [5, 5.41) is 9.85. The summed E-state index contributed by atoms with van der Waals surface area (Å²) in [6.07, 6.45) is 0.244. The Bertz CT molecular complexity index is 223. The maximum absolute atomic E-state index is 12.3. The molecule has 1 aliphatic heterocycles. The predicted octanol–water partition coefficient (Wildman–Crippen LogP) is -1.03. The summed E-state index contributed by atoms with van der Waals surface area (Å²) in [5.74, 6) is -4.55. The molecule has 0 saturated carbocycles. The van der Waals surface area contributed by atoms with E-state index < -0.39 is 17.8 Å². The predicted molar refractivity (Wildman–Crippen MR) is 28.1 cm³/mol. The van der Waals surface area contributed by atoms with E-state index in [0.717, 1.165) is 0 Å². The summed E-state index contributed by atoms with van der Waals surface area (Å²) in [7, 11) is 0. The van der Waals surface area contributed by atoms with Crippen LogP contribution in [0.15, 0.2) is 4.99 Å². The SMILES string of the molecule is O=C1N=CC(O)(F)C(=O)N1. The van der Waals surface area contributed by atoms with Gasteiger partial charge in [-0.15, -0.1) is 0 Å². The average Bonchev–Trinajstić information content (AvgIpc) is 1.81. The molecule has 1 aliphatic rings. The van der Waals surface area contributed by atoms with E-state index in [1.807, 2.05) is 0 Å². The van der Waals surface area contributed by atoms with Crippen molar-refractivity contribution >= 4 is 18.2 Å². The van der Waals surface area contributed by atoms with Crippen molar-refractivity contribution in [3.63, 3.8) is 0 Å². The molecule has 1 unspecified atom stereocenters. The summed E-state index contributed by atoms with van der Waals surface area (Å²) in [5.41, 5.74) is 0. The number of urea groups is 1. The highest BCUT2D eigenvalue weighted by Gasteiger charge is 2.38. The number of aliphatic hydroxyl groups is 1. The lowest BCUT2D eigenvalue weighted by atomic mass is 10.3. The Hall–Kier alpha value is -1.30. The smallest absolute Gasteiger partial charge is 0.347 e. The zero-order valence-electron chi connectivity index (χ0n) is 4.67. The number of amides is 3. The van der Waals surface area contributed by atoms with Gasteiger partial charge in [-0.1, -0.05) is 0 Å². The minimum Gasteiger partial charge on any atom is -0.350 e. The molecule has 2 N–H and O–H groups in total. The number of imide groups is 1. The molecule has 1 rings (SSSR count). The van der Waals surface area contributed by atoms with E-state index in [9.17, 15) is 14.0 Å². The number of carbonyl (C=O) groups excluding carboxylic acids is 2. The number of halogens is 1. The molecule has 10 heavy (non-hydrogen) atoms. The molecule has 0 aromatic heterocycles. The summed E-state index contributed by atoms with van der Waals surface area (Å²) in [4.78, 5) is 23.2. The molecule has 0 aromatic rings. The fraction of sp³-hybridized carbons (Fsp3) is 0.250. The molecule has 5 nitrogen and oxygen atoms in total. The van der Waals surface area contributed by atoms with E-state index in [4.69, 9.17) is 5.11 Å². The van der Waals surface area contributed by atoms with Crippen LogP contribution >= 0.6 is 0 Å². The van der Waals surface area contributed by atoms with Crippen LogP contribution < -0.4 is 5.32 Å². The van der Waals surface area contributed by atoms with E-state index in [1.54, 1.807) is 0 Å². The van der Waals surface area contributed by atoms with Crippen LogP contribution in [0.5, 0.6) is 0 Å². The Kier molecular flexibility index (Phi) is 1.26. The van der Waals surface area contributed by atoms with E-state index in [0.29, 0.717) is 0 Å². The minimum absolute atomic E-state index is 0.244. The van der Waals surface area contributed by atoms with Gasteiger partial charge >= 0.3 is 11.9 Å². The first-order chi connectivity index (χ1) is 4.52. The van der Waals surface area contributed by atoms with Crippen molar-refractivity contribution in [2.24, 2.45) is 4.99 Å². The second-order valence-electron chi connectivity index (χ2n) is 1.69. The molecule has 0 aliphatic carbocycles. The molecule has 0 saturated heterocycles. The van der Waals surface area contributed by atoms with E-state index in [1.165, 1.54) is 5.32 Å². The van der Waals surface area contributed by atoms with Gasteiger partial charge in [-0.3, -0.25) is 10.1 Å². The second-order valence-corrected chi connectivity index (χ2v) is 1.69. The second kappa shape index (κ2) is 1.84. The first-order valence-electron chi connectivity index (χ1n) is 2.34. The molecule has 6 heteroatoms. The zero-order chi connectivity index (χ0) is 7.78. The van der Waals surface area contributed by atoms with Crippen LogP contribution in [0.3, 0.4) is 0 Å². The summed E-state index contributed by atoms with van der Waals surface area (Å²) in [6, 6.07) is -0.979. The number of hydrogen-bond acceptors (Lipinski definition) is 3. The van der Waals surface area contributed by atoms with Gasteiger partial charge in [0.2, 0.25) is 0 Å². The van der Waals surface area contributed by atoms with Crippen LogP contribution in [0.2, 0.25) is 0 Å². The lowest BCUT2D eigenvalue weighted by Gasteiger charge is -2.14. The van der Waals surface area contributed by atoms with Gasteiger partial charge < -0.3 is 5.11 Å². The van der Waals surface area contributed by atoms with Crippen LogP contribution in [0.25, 0.3) is 0 Å². The van der Waals surface area contributed by atoms with Crippen LogP contribution in [0.4, 0.5) is 9.18 Å². The number of carbonyl (C=O) groups is 2. The number of alkyl halides is 1. The van der Waals surface area contributed by atoms with Crippen LogP contribution in [-0.4, -0.2) is 29.1 Å². The minimum atomic E-state index is -3.14. The summed E-state index contributed by atoms with van der Waals surface area (Å²) >= 11 is 0. The van der Waals surface area contributed by atoms with E-state index >= 15 is 0 Å². The van der Waals surface area contributed by atoms with Crippen LogP contribution in [0.1, 0.15) is 0 Å². The van der Waals surface area contributed by atoms with Crippen molar-refractivity contribution in [1.82, 2.24) is 5.32 Å². The summed E-state index contributed by atoms with van der Waals surface area (Å²) < 4.78 is 12.3. The highest BCUT2D eigenvalue weighted by Crippen LogP contribution is 2.06. The highest BCUT2D eigenvalue weighted by atomic mass is 19.2. The van der Waals surface area contributed by atoms with Crippen LogP contribution in [0, 0.1) is 0 Å². The van der Waals surface area contributed by atoms with E-state index in [2.05, 4.69) is 4.99 Å². The number of rotatable bonds is 0. The molecule has 0 radical (unpaired) electrons. The first kappa shape index (κ1) is 6.81. The van der Waals surface area contributed by atoms with Gasteiger partial charge in [0.1, 0.15) is 0 Å². The van der Waals surface area contributed by atoms with Crippen molar-refractivity contribution in [2.45, 2.75) is 5.85 Å². The maximum Gasteiger partial charge on any atom is 0.347 e. The van der Waals surface area contributed by atoms with Gasteiger partial charge in [-0.2, -0.15) is 9.38 Å². The van der Waals surface area contributed by atoms with Crippen LogP contribution in [-0.2, 0) is 4.79 Å². The van der Waals surface area contributed by atoms with Crippen molar-refractivity contribution in [1.29, 1.82) is 0 Å². The molecule has 54 valence electrons. The summed E-state index contributed by atoms with van der Waals surface area (Å²) in [6.45, 7) is 0. The van der Waals surface area contributed by atoms with Crippen molar-refractivity contribution in [3.8, 4) is 0 Å². The van der Waals surface area contributed by atoms with Gasteiger partial charge in [-0.05, 0) is 0 Å². The molecule has 0 aromatic carbocycles. The number of nitrogens with zero attached hydrogens (tertiary/aromatic N) is 1. The zero-order valence-corrected chi connectivity index (χ0v) is 4.67. The number of nitrogens with one attached hydrogen (secondary N) is 1. The quantitative estimate of drug-likeness (QED) is 0.458. The Labute approximate surface area is 54.6 Å². The van der Waals surface area contributed by atoms with Gasteiger partial charge in [-0.25, -0.2) is 4.79 Å². The third-order valence-electron chi connectivity index (χ3n) is 0.892. The molecular formula is C4H3FN2O3. The average molecular weight is 146 g/mol. The molecular weight excluding hydrogens is 143 g/mol. The lowest BCUT2D eigenvalue weighted by molar-refractivity contribution is -0.144. The lowest BCUT2D eigenvalue weighted by Crippen LogP contribution is -2.49. The fourth-order valence-corrected chi connectivity index (χ4v) is 0.420. The van der Waals surface area contributed by atoms with Gasteiger partial charge in [0.05, 0.1) is 6.21 Å². The van der Waals surface area contributed by atoms with Gasteiger partial charge in [0.15, 0.2) is 0 Å². The molecule has 0 spiro atoms. The largest absolute Gasteiger partial charge is 0.350 e. The van der Waals surface area contributed by atoms with Crippen molar-refractivity contribution in [2.75, 3.05) is 0 Å². The topological polar surface area (TPSA) is 78.8 Å². The Morgan fingerprint density at radius 2 is 2.30 bits per heavy atom. The fourth-order valence-electron chi connectivity index (χ4n) is 0.420. The highest BCUT2D eigenvalue weighted by molar-refractivity contribution is 6.13. The molecule has 1 atom stereocenters. The molecule has 0 fully saturated rings. The van der Waals surface area contributed by atoms with Crippen molar-refractivity contribution in [3.05, 3.63) is 0 Å². The third kappa shape index (κ3) is 1.01. The van der Waals surface area contributed by atoms with Gasteiger partial charge in [0, 0.05) is 0 Å². The van der Waals surface area contributed by atoms with Crippen molar-refractivity contribution < 1.29 is 19.1 Å². The normalized spacial score (nSPS) is 32.2. The Morgan fingerprint density at radius 3 is 2.70 bits per heavy atom. The van der Waals surface area contributed by atoms with Gasteiger partial charge in [0.25, 0.3) is 5.91 Å². The number of hydrogen-bond donors (Lipinski definition) is 2. The Morgan fingerprint density at radius 1 is 1.70 bits per heavy atom. The molecule has 1 heterocycles. The molecule has 0 bridgehead atoms. The monoisotopic (exact) mass is 146 g/mol. The maximum atomic E-state index is 12.3. The molecule has 3 amide bonds. The standard InChI is InChI=1S/C4H3FN2O3/c5-4(10)1-6-3(9)7-2(4)8/h1,10H,(H,7,8,9). The third-order valence-corrected chi connectivity index (χ3v) is 0.892.